The predicted molar refractivity (Wildman–Crippen MR) is 97.8 cm³/mol. The van der Waals surface area contributed by atoms with Gasteiger partial charge < -0.3 is 5.32 Å². The molecule has 0 bridgehead atoms. The fourth-order valence-electron chi connectivity index (χ4n) is 2.07. The van der Waals surface area contributed by atoms with Gasteiger partial charge in [0.05, 0.1) is 12.1 Å². The van der Waals surface area contributed by atoms with Crippen LogP contribution in [0.15, 0.2) is 47.4 Å². The molecule has 0 atom stereocenters. The Morgan fingerprint density at radius 3 is 2.19 bits per heavy atom. The number of ketones is 1. The standard InChI is InChI=1S/C17H17ClN2O5S/c1-11(21)12-4-7-14(8-5-12)19-17(22)13-6-9-15(18)16(10-13)26(23,24)20(2)25-3/h4-10H,1-3H3,(H,19,22). The van der Waals surface area contributed by atoms with Crippen molar-refractivity contribution in [3.05, 3.63) is 58.6 Å². The number of hydrogen-bond acceptors (Lipinski definition) is 5. The Hall–Kier alpha value is -2.26. The minimum atomic E-state index is -4.00. The molecule has 0 aliphatic heterocycles. The summed E-state index contributed by atoms with van der Waals surface area (Å²) in [7, 11) is -1.58. The topological polar surface area (TPSA) is 92.8 Å². The van der Waals surface area contributed by atoms with Crippen molar-refractivity contribution in [1.82, 2.24) is 4.47 Å². The van der Waals surface area contributed by atoms with Crippen LogP contribution in [0.5, 0.6) is 0 Å². The molecule has 138 valence electrons. The smallest absolute Gasteiger partial charge is 0.266 e. The fraction of sp³-hybridized carbons (Fsp3) is 0.176. The first-order chi connectivity index (χ1) is 12.2. The van der Waals surface area contributed by atoms with Crippen LogP contribution in [-0.2, 0) is 14.9 Å². The number of benzene rings is 2. The number of amides is 1. The van der Waals surface area contributed by atoms with Crippen molar-refractivity contribution >= 4 is 39.0 Å². The monoisotopic (exact) mass is 396 g/mol. The van der Waals surface area contributed by atoms with Gasteiger partial charge in [0.2, 0.25) is 0 Å². The van der Waals surface area contributed by atoms with E-state index in [2.05, 4.69) is 5.32 Å². The third-order valence-corrected chi connectivity index (χ3v) is 5.78. The molecule has 2 aromatic carbocycles. The van der Waals surface area contributed by atoms with Gasteiger partial charge in [-0.15, -0.1) is 0 Å². The first-order valence-electron chi connectivity index (χ1n) is 7.41. The number of hydroxylamine groups is 1. The second-order valence-electron chi connectivity index (χ2n) is 5.33. The van der Waals surface area contributed by atoms with Crippen LogP contribution in [0, 0.1) is 0 Å². The van der Waals surface area contributed by atoms with Crippen molar-refractivity contribution in [1.29, 1.82) is 0 Å². The van der Waals surface area contributed by atoms with Crippen LogP contribution in [0.25, 0.3) is 0 Å². The maximum Gasteiger partial charge on any atom is 0.266 e. The molecule has 0 spiro atoms. The molecule has 0 aromatic heterocycles. The Labute approximate surface area is 156 Å². The maximum absolute atomic E-state index is 12.4. The van der Waals surface area contributed by atoms with E-state index in [0.29, 0.717) is 15.7 Å². The highest BCUT2D eigenvalue weighted by molar-refractivity contribution is 7.89. The van der Waals surface area contributed by atoms with Gasteiger partial charge in [0.25, 0.3) is 15.9 Å². The summed E-state index contributed by atoms with van der Waals surface area (Å²) < 4.78 is 25.4. The van der Waals surface area contributed by atoms with E-state index >= 15 is 0 Å². The molecule has 0 saturated heterocycles. The average molecular weight is 397 g/mol. The SMILES string of the molecule is CON(C)S(=O)(=O)c1cc(C(=O)Nc2ccc(C(C)=O)cc2)ccc1Cl. The molecule has 0 aliphatic carbocycles. The molecule has 0 unspecified atom stereocenters. The van der Waals surface area contributed by atoms with Gasteiger partial charge in [-0.1, -0.05) is 16.1 Å². The van der Waals surface area contributed by atoms with E-state index in [-0.39, 0.29) is 21.3 Å². The number of rotatable bonds is 6. The number of carbonyl (C=O) groups is 2. The summed E-state index contributed by atoms with van der Waals surface area (Å²) in [5.74, 6) is -0.605. The average Bonchev–Trinajstić information content (AvgIpc) is 2.61. The molecular weight excluding hydrogens is 380 g/mol. The van der Waals surface area contributed by atoms with E-state index in [4.69, 9.17) is 16.4 Å². The zero-order chi connectivity index (χ0) is 19.5. The van der Waals surface area contributed by atoms with E-state index in [1.165, 1.54) is 39.3 Å². The summed E-state index contributed by atoms with van der Waals surface area (Å²) in [6.45, 7) is 1.44. The van der Waals surface area contributed by atoms with Crippen LogP contribution in [0.2, 0.25) is 5.02 Å². The molecule has 2 rings (SSSR count). The maximum atomic E-state index is 12.4. The lowest BCUT2D eigenvalue weighted by molar-refractivity contribution is -0.0258. The van der Waals surface area contributed by atoms with Crippen LogP contribution in [-0.4, -0.2) is 38.7 Å². The third-order valence-electron chi connectivity index (χ3n) is 3.62. The van der Waals surface area contributed by atoms with Crippen LogP contribution in [0.1, 0.15) is 27.6 Å². The summed E-state index contributed by atoms with van der Waals surface area (Å²) in [4.78, 5) is 28.1. The first kappa shape index (κ1) is 20.1. The summed E-state index contributed by atoms with van der Waals surface area (Å²) in [5.41, 5.74) is 1.09. The van der Waals surface area contributed by atoms with Gasteiger partial charge in [-0.2, -0.15) is 0 Å². The Bertz CT molecular complexity index is 942. The van der Waals surface area contributed by atoms with Crippen molar-refractivity contribution < 1.29 is 22.8 Å². The fourth-order valence-corrected chi connectivity index (χ4v) is 3.54. The summed E-state index contributed by atoms with van der Waals surface area (Å²) >= 11 is 5.97. The third kappa shape index (κ3) is 4.28. The number of halogens is 1. The Morgan fingerprint density at radius 1 is 1.08 bits per heavy atom. The van der Waals surface area contributed by atoms with Crippen molar-refractivity contribution in [2.24, 2.45) is 0 Å². The summed E-state index contributed by atoms with van der Waals surface area (Å²) in [6, 6.07) is 10.2. The van der Waals surface area contributed by atoms with Gasteiger partial charge in [0, 0.05) is 23.9 Å². The number of sulfonamides is 1. The highest BCUT2D eigenvalue weighted by Gasteiger charge is 2.25. The summed E-state index contributed by atoms with van der Waals surface area (Å²) in [5, 5.41) is 2.60. The molecule has 0 fully saturated rings. The minimum Gasteiger partial charge on any atom is -0.322 e. The highest BCUT2D eigenvalue weighted by atomic mass is 35.5. The molecule has 1 N–H and O–H groups in total. The van der Waals surface area contributed by atoms with Gasteiger partial charge in [0.1, 0.15) is 4.90 Å². The zero-order valence-corrected chi connectivity index (χ0v) is 15.9. The predicted octanol–water partition coefficient (Wildman–Crippen LogP) is 2.98. The van der Waals surface area contributed by atoms with Gasteiger partial charge in [-0.25, -0.2) is 8.42 Å². The molecule has 26 heavy (non-hydrogen) atoms. The van der Waals surface area contributed by atoms with Crippen molar-refractivity contribution in [3.63, 3.8) is 0 Å². The van der Waals surface area contributed by atoms with Crippen molar-refractivity contribution in [2.75, 3.05) is 19.5 Å². The van der Waals surface area contributed by atoms with Gasteiger partial charge in [-0.3, -0.25) is 14.4 Å². The number of carbonyl (C=O) groups excluding carboxylic acids is 2. The number of nitrogens with one attached hydrogen (secondary N) is 1. The van der Waals surface area contributed by atoms with Crippen LogP contribution in [0.3, 0.4) is 0 Å². The second-order valence-corrected chi connectivity index (χ2v) is 7.64. The van der Waals surface area contributed by atoms with Crippen LogP contribution < -0.4 is 5.32 Å². The van der Waals surface area contributed by atoms with Crippen LogP contribution >= 0.6 is 11.6 Å². The van der Waals surface area contributed by atoms with Gasteiger partial charge in [0.15, 0.2) is 5.78 Å². The van der Waals surface area contributed by atoms with Gasteiger partial charge >= 0.3 is 0 Å². The number of Topliss-reactive ketones (excluding diaryl/α,β-unsaturated/α-hetero) is 1. The quantitative estimate of drug-likeness (QED) is 0.598. The first-order valence-corrected chi connectivity index (χ1v) is 9.23. The molecular formula is C17H17ClN2O5S. The van der Waals surface area contributed by atoms with E-state index in [0.717, 1.165) is 0 Å². The summed E-state index contributed by atoms with van der Waals surface area (Å²) in [6.07, 6.45) is 0. The van der Waals surface area contributed by atoms with Crippen molar-refractivity contribution in [3.8, 4) is 0 Å². The number of nitrogens with zero attached hydrogens (tertiary/aromatic N) is 1. The Kier molecular flexibility index (Phi) is 6.14. The second kappa shape index (κ2) is 7.96. The molecule has 2 aromatic rings. The minimum absolute atomic E-state index is 0.0312. The number of anilines is 1. The largest absolute Gasteiger partial charge is 0.322 e. The van der Waals surface area contributed by atoms with Gasteiger partial charge in [-0.05, 0) is 49.4 Å². The van der Waals surface area contributed by atoms with Crippen LogP contribution in [0.4, 0.5) is 5.69 Å². The van der Waals surface area contributed by atoms with E-state index < -0.39 is 15.9 Å². The molecule has 0 radical (unpaired) electrons. The lowest BCUT2D eigenvalue weighted by Gasteiger charge is -2.16. The zero-order valence-electron chi connectivity index (χ0n) is 14.3. The van der Waals surface area contributed by atoms with E-state index in [1.807, 2.05) is 0 Å². The molecule has 7 nitrogen and oxygen atoms in total. The highest BCUT2D eigenvalue weighted by Crippen LogP contribution is 2.26. The van der Waals surface area contributed by atoms with E-state index in [9.17, 15) is 18.0 Å². The molecule has 1 amide bonds. The Morgan fingerprint density at radius 2 is 1.65 bits per heavy atom. The van der Waals surface area contributed by atoms with Crippen molar-refractivity contribution in [2.45, 2.75) is 11.8 Å². The lowest BCUT2D eigenvalue weighted by Crippen LogP contribution is -2.26. The lowest BCUT2D eigenvalue weighted by atomic mass is 10.1. The normalized spacial score (nSPS) is 11.4. The van der Waals surface area contributed by atoms with E-state index in [1.54, 1.807) is 24.3 Å². The Balaban J connectivity index is 2.30. The molecule has 9 heteroatoms. The number of hydrogen-bond donors (Lipinski definition) is 1. The molecule has 0 heterocycles. The molecule has 0 aliphatic rings. The molecule has 0 saturated carbocycles.